The molecule has 1 N–H and O–H groups in total. The molecule has 0 aliphatic heterocycles. The number of nitrogens with one attached hydrogen (secondary N) is 1. The Morgan fingerprint density at radius 3 is 2.79 bits per heavy atom. The average Bonchev–Trinajstić information content (AvgIpc) is 2.38. The van der Waals surface area contributed by atoms with Crippen molar-refractivity contribution in [2.45, 2.75) is 13.8 Å². The monoisotopic (exact) mass is 261 g/mol. The van der Waals surface area contributed by atoms with E-state index in [1.165, 1.54) is 7.11 Å². The first-order valence-corrected chi connectivity index (χ1v) is 6.08. The van der Waals surface area contributed by atoms with Gasteiger partial charge in [0.15, 0.2) is 11.6 Å². The van der Waals surface area contributed by atoms with Gasteiger partial charge in [-0.2, -0.15) is 0 Å². The van der Waals surface area contributed by atoms with Gasteiger partial charge in [-0.05, 0) is 32.0 Å². The van der Waals surface area contributed by atoms with Gasteiger partial charge in [-0.15, -0.1) is 0 Å². The molecule has 0 radical (unpaired) electrons. The van der Waals surface area contributed by atoms with Crippen molar-refractivity contribution < 1.29 is 9.13 Å². The molecule has 0 atom stereocenters. The van der Waals surface area contributed by atoms with Crippen molar-refractivity contribution in [1.82, 2.24) is 9.97 Å². The second-order valence-electron chi connectivity index (χ2n) is 4.07. The highest BCUT2D eigenvalue weighted by Gasteiger charge is 2.12. The maximum absolute atomic E-state index is 14.2. The number of halogens is 1. The molecule has 100 valence electrons. The van der Waals surface area contributed by atoms with E-state index < -0.39 is 5.82 Å². The molecule has 4 nitrogen and oxygen atoms in total. The molecular formula is C14H16FN3O. The van der Waals surface area contributed by atoms with E-state index >= 15 is 0 Å². The predicted molar refractivity (Wildman–Crippen MR) is 72.9 cm³/mol. The molecule has 0 bridgehead atoms. The van der Waals surface area contributed by atoms with Gasteiger partial charge < -0.3 is 10.1 Å². The molecule has 0 unspecified atom stereocenters. The van der Waals surface area contributed by atoms with Crippen molar-refractivity contribution in [2.75, 3.05) is 19.0 Å². The Bertz CT molecular complexity index is 587. The van der Waals surface area contributed by atoms with E-state index in [0.717, 1.165) is 5.69 Å². The van der Waals surface area contributed by atoms with Crippen LogP contribution in [-0.4, -0.2) is 23.6 Å². The van der Waals surface area contributed by atoms with Gasteiger partial charge >= 0.3 is 0 Å². The molecule has 1 heterocycles. The quantitative estimate of drug-likeness (QED) is 0.919. The molecule has 0 saturated carbocycles. The zero-order chi connectivity index (χ0) is 13.8. The van der Waals surface area contributed by atoms with Crippen molar-refractivity contribution in [3.8, 4) is 17.0 Å². The highest BCUT2D eigenvalue weighted by Crippen LogP contribution is 2.28. The summed E-state index contributed by atoms with van der Waals surface area (Å²) in [4.78, 5) is 8.56. The van der Waals surface area contributed by atoms with Gasteiger partial charge in [0, 0.05) is 17.8 Å². The Kier molecular flexibility index (Phi) is 3.94. The maximum atomic E-state index is 14.2. The van der Waals surface area contributed by atoms with Crippen LogP contribution in [-0.2, 0) is 0 Å². The molecule has 2 aromatic rings. The minimum Gasteiger partial charge on any atom is -0.494 e. The van der Waals surface area contributed by atoms with Crippen LogP contribution in [0.2, 0.25) is 0 Å². The lowest BCUT2D eigenvalue weighted by molar-refractivity contribution is 0.387. The molecule has 19 heavy (non-hydrogen) atoms. The second kappa shape index (κ2) is 5.65. The first-order valence-electron chi connectivity index (χ1n) is 6.08. The van der Waals surface area contributed by atoms with E-state index in [9.17, 15) is 4.39 Å². The van der Waals surface area contributed by atoms with E-state index in [0.29, 0.717) is 23.8 Å². The van der Waals surface area contributed by atoms with Crippen LogP contribution < -0.4 is 10.1 Å². The van der Waals surface area contributed by atoms with Gasteiger partial charge in [-0.25, -0.2) is 14.4 Å². The normalized spacial score (nSPS) is 10.3. The fourth-order valence-electron chi connectivity index (χ4n) is 1.81. The molecule has 5 heteroatoms. The zero-order valence-corrected chi connectivity index (χ0v) is 11.2. The van der Waals surface area contributed by atoms with E-state index in [4.69, 9.17) is 4.74 Å². The smallest absolute Gasteiger partial charge is 0.223 e. The Morgan fingerprint density at radius 1 is 1.32 bits per heavy atom. The number of aromatic nitrogens is 2. The van der Waals surface area contributed by atoms with E-state index in [-0.39, 0.29) is 5.75 Å². The van der Waals surface area contributed by atoms with E-state index in [1.54, 1.807) is 24.3 Å². The maximum Gasteiger partial charge on any atom is 0.223 e. The summed E-state index contributed by atoms with van der Waals surface area (Å²) in [6.07, 6.45) is 0. The number of methoxy groups -OCH3 is 1. The number of benzene rings is 1. The fourth-order valence-corrected chi connectivity index (χ4v) is 1.81. The number of hydrogen-bond donors (Lipinski definition) is 1. The molecule has 0 fully saturated rings. The lowest BCUT2D eigenvalue weighted by Gasteiger charge is -2.09. The molecule has 1 aromatic carbocycles. The Balaban J connectivity index is 2.52. The first-order chi connectivity index (χ1) is 9.15. The van der Waals surface area contributed by atoms with Crippen LogP contribution in [0.5, 0.6) is 5.75 Å². The summed E-state index contributed by atoms with van der Waals surface area (Å²) < 4.78 is 19.2. The third-order valence-corrected chi connectivity index (χ3v) is 2.65. The fraction of sp³-hybridized carbons (Fsp3) is 0.286. The molecule has 0 amide bonds. The van der Waals surface area contributed by atoms with Gasteiger partial charge in [0.1, 0.15) is 0 Å². The molecule has 1 aromatic heterocycles. The number of ether oxygens (including phenoxy) is 1. The summed E-state index contributed by atoms with van der Waals surface area (Å²) in [5.41, 5.74) is 1.73. The van der Waals surface area contributed by atoms with E-state index in [1.807, 2.05) is 13.8 Å². The van der Waals surface area contributed by atoms with Crippen molar-refractivity contribution in [1.29, 1.82) is 0 Å². The van der Waals surface area contributed by atoms with Gasteiger partial charge in [0.2, 0.25) is 5.95 Å². The number of rotatable bonds is 4. The van der Waals surface area contributed by atoms with Gasteiger partial charge in [0.05, 0.1) is 12.8 Å². The van der Waals surface area contributed by atoms with Crippen LogP contribution in [0.1, 0.15) is 12.6 Å². The summed E-state index contributed by atoms with van der Waals surface area (Å²) in [7, 11) is 1.44. The highest BCUT2D eigenvalue weighted by atomic mass is 19.1. The van der Waals surface area contributed by atoms with Crippen molar-refractivity contribution in [2.24, 2.45) is 0 Å². The summed E-state index contributed by atoms with van der Waals surface area (Å²) in [5, 5.41) is 3.03. The zero-order valence-electron chi connectivity index (χ0n) is 11.2. The predicted octanol–water partition coefficient (Wildman–Crippen LogP) is 3.03. The third-order valence-electron chi connectivity index (χ3n) is 2.65. The number of aryl methyl sites for hydroxylation is 1. The summed E-state index contributed by atoms with van der Waals surface area (Å²) in [5.74, 6) is 0.295. The van der Waals surface area contributed by atoms with Crippen LogP contribution in [0, 0.1) is 12.7 Å². The molecule has 0 spiro atoms. The minimum atomic E-state index is -0.412. The molecule has 0 aliphatic carbocycles. The van der Waals surface area contributed by atoms with Gasteiger partial charge in [0.25, 0.3) is 0 Å². The largest absolute Gasteiger partial charge is 0.494 e. The van der Waals surface area contributed by atoms with Crippen molar-refractivity contribution >= 4 is 5.95 Å². The lowest BCUT2D eigenvalue weighted by Crippen LogP contribution is -2.04. The van der Waals surface area contributed by atoms with Crippen LogP contribution in [0.3, 0.4) is 0 Å². The highest BCUT2D eigenvalue weighted by molar-refractivity contribution is 5.63. The van der Waals surface area contributed by atoms with Crippen molar-refractivity contribution in [3.05, 3.63) is 35.8 Å². The Morgan fingerprint density at radius 2 is 2.11 bits per heavy atom. The van der Waals surface area contributed by atoms with Crippen LogP contribution in [0.25, 0.3) is 11.3 Å². The second-order valence-corrected chi connectivity index (χ2v) is 4.07. The number of hydrogen-bond acceptors (Lipinski definition) is 4. The van der Waals surface area contributed by atoms with Gasteiger partial charge in [-0.3, -0.25) is 0 Å². The Labute approximate surface area is 111 Å². The van der Waals surface area contributed by atoms with Gasteiger partial charge in [-0.1, -0.05) is 6.07 Å². The van der Waals surface area contributed by atoms with Crippen LogP contribution >= 0.6 is 0 Å². The topological polar surface area (TPSA) is 47.0 Å². The van der Waals surface area contributed by atoms with Crippen molar-refractivity contribution in [3.63, 3.8) is 0 Å². The summed E-state index contributed by atoms with van der Waals surface area (Å²) >= 11 is 0. The standard InChI is InChI=1S/C14H16FN3O/c1-4-16-14-17-9(2)8-11(18-14)10-6-5-7-12(19-3)13(10)15/h5-8H,4H2,1-3H3,(H,16,17,18). The SMILES string of the molecule is CCNc1nc(C)cc(-c2cccc(OC)c2F)n1. The third kappa shape index (κ3) is 2.81. The number of nitrogens with zero attached hydrogens (tertiary/aromatic N) is 2. The van der Waals surface area contributed by atoms with Crippen LogP contribution in [0.15, 0.2) is 24.3 Å². The molecular weight excluding hydrogens is 245 g/mol. The average molecular weight is 261 g/mol. The number of anilines is 1. The molecule has 0 saturated heterocycles. The lowest BCUT2D eigenvalue weighted by atomic mass is 10.1. The summed E-state index contributed by atoms with van der Waals surface area (Å²) in [6.45, 7) is 4.52. The first kappa shape index (κ1) is 13.3. The van der Waals surface area contributed by atoms with E-state index in [2.05, 4.69) is 15.3 Å². The summed E-state index contributed by atoms with van der Waals surface area (Å²) in [6, 6.07) is 6.74. The molecule has 2 rings (SSSR count). The minimum absolute atomic E-state index is 0.207. The molecule has 0 aliphatic rings. The van der Waals surface area contributed by atoms with Crippen LogP contribution in [0.4, 0.5) is 10.3 Å². The Hall–Kier alpha value is -2.17.